The van der Waals surface area contributed by atoms with E-state index in [1.165, 1.54) is 77.9 Å². The number of piperazine rings is 1. The lowest BCUT2D eigenvalue weighted by atomic mass is 9.98. The van der Waals surface area contributed by atoms with Crippen LogP contribution in [0.25, 0.3) is 0 Å². The highest BCUT2D eigenvalue weighted by molar-refractivity contribution is 4.85. The minimum absolute atomic E-state index is 0.888. The van der Waals surface area contributed by atoms with Gasteiger partial charge in [-0.25, -0.2) is 0 Å². The Morgan fingerprint density at radius 3 is 2.94 bits per heavy atom. The molecule has 3 rings (SSSR count). The van der Waals surface area contributed by atoms with Crippen LogP contribution in [0, 0.1) is 5.92 Å². The summed E-state index contributed by atoms with van der Waals surface area (Å²) in [6.07, 6.45) is 7.16. The van der Waals surface area contributed by atoms with Gasteiger partial charge in [0, 0.05) is 25.7 Å². The lowest BCUT2D eigenvalue weighted by molar-refractivity contribution is 0.0471. The van der Waals surface area contributed by atoms with Crippen molar-refractivity contribution in [2.24, 2.45) is 5.92 Å². The van der Waals surface area contributed by atoms with Gasteiger partial charge in [-0.05, 0) is 57.8 Å². The van der Waals surface area contributed by atoms with Crippen molar-refractivity contribution in [1.29, 1.82) is 0 Å². The van der Waals surface area contributed by atoms with Gasteiger partial charge in [0.15, 0.2) is 0 Å². The van der Waals surface area contributed by atoms with Crippen LogP contribution in [-0.2, 0) is 0 Å². The summed E-state index contributed by atoms with van der Waals surface area (Å²) in [7, 11) is 0. The summed E-state index contributed by atoms with van der Waals surface area (Å²) in [4.78, 5) is 5.46. The zero-order valence-electron chi connectivity index (χ0n) is 11.0. The second-order valence-electron chi connectivity index (χ2n) is 6.13. The molecular weight excluding hydrogens is 210 g/mol. The van der Waals surface area contributed by atoms with Crippen molar-refractivity contribution < 1.29 is 0 Å². The number of nitrogens with one attached hydrogen (secondary N) is 1. The van der Waals surface area contributed by atoms with E-state index in [0.29, 0.717) is 0 Å². The van der Waals surface area contributed by atoms with Gasteiger partial charge in [0.25, 0.3) is 0 Å². The first kappa shape index (κ1) is 11.9. The Labute approximate surface area is 106 Å². The molecule has 3 aliphatic rings. The summed E-state index contributed by atoms with van der Waals surface area (Å²) in [6.45, 7) is 9.22. The predicted molar refractivity (Wildman–Crippen MR) is 71.2 cm³/mol. The molecule has 3 nitrogen and oxygen atoms in total. The van der Waals surface area contributed by atoms with Crippen molar-refractivity contribution in [1.82, 2.24) is 15.1 Å². The van der Waals surface area contributed by atoms with E-state index in [1.807, 2.05) is 0 Å². The van der Waals surface area contributed by atoms with Gasteiger partial charge >= 0.3 is 0 Å². The molecule has 0 aromatic heterocycles. The molecule has 0 amide bonds. The molecule has 3 fully saturated rings. The molecule has 17 heavy (non-hydrogen) atoms. The minimum atomic E-state index is 0.888. The monoisotopic (exact) mass is 237 g/mol. The minimum Gasteiger partial charge on any atom is -0.316 e. The Bertz CT molecular complexity index is 238. The highest BCUT2D eigenvalue weighted by atomic mass is 15.3. The van der Waals surface area contributed by atoms with Crippen molar-refractivity contribution in [3.05, 3.63) is 0 Å². The zero-order chi connectivity index (χ0) is 11.5. The maximum atomic E-state index is 3.48. The number of nitrogens with zero attached hydrogens (tertiary/aromatic N) is 2. The zero-order valence-corrected chi connectivity index (χ0v) is 11.0. The smallest absolute Gasteiger partial charge is 0.0223 e. The fourth-order valence-corrected chi connectivity index (χ4v) is 3.75. The fourth-order valence-electron chi connectivity index (χ4n) is 3.75. The summed E-state index contributed by atoms with van der Waals surface area (Å²) in [5.74, 6) is 0.958. The molecule has 0 radical (unpaired) electrons. The largest absolute Gasteiger partial charge is 0.316 e. The van der Waals surface area contributed by atoms with Gasteiger partial charge in [-0.3, -0.25) is 4.90 Å². The van der Waals surface area contributed by atoms with Crippen LogP contribution < -0.4 is 5.32 Å². The summed E-state index contributed by atoms with van der Waals surface area (Å²) >= 11 is 0. The van der Waals surface area contributed by atoms with E-state index >= 15 is 0 Å². The van der Waals surface area contributed by atoms with Crippen molar-refractivity contribution in [3.63, 3.8) is 0 Å². The molecule has 2 unspecified atom stereocenters. The molecule has 0 spiro atoms. The Hall–Kier alpha value is -0.120. The first-order valence-electron chi connectivity index (χ1n) is 7.59. The normalized spacial score (nSPS) is 36.0. The van der Waals surface area contributed by atoms with Crippen molar-refractivity contribution in [2.75, 3.05) is 45.8 Å². The summed E-state index contributed by atoms with van der Waals surface area (Å²) < 4.78 is 0. The number of fused-ring (bicyclic) bond motifs is 1. The molecule has 0 bridgehead atoms. The average molecular weight is 237 g/mol. The molecule has 1 N–H and O–H groups in total. The lowest BCUT2D eigenvalue weighted by Crippen LogP contribution is -2.54. The van der Waals surface area contributed by atoms with Crippen LogP contribution in [0.1, 0.15) is 32.1 Å². The maximum Gasteiger partial charge on any atom is 0.0223 e. The highest BCUT2D eigenvalue weighted by Crippen LogP contribution is 2.22. The van der Waals surface area contributed by atoms with Crippen LogP contribution in [0.15, 0.2) is 0 Å². The molecule has 0 aromatic rings. The third-order valence-electron chi connectivity index (χ3n) is 4.94. The average Bonchev–Trinajstić information content (AvgIpc) is 2.89. The molecule has 3 heteroatoms. The summed E-state index contributed by atoms with van der Waals surface area (Å²) in [5.41, 5.74) is 0. The van der Waals surface area contributed by atoms with Crippen LogP contribution in [0.3, 0.4) is 0 Å². The molecule has 0 aliphatic carbocycles. The third-order valence-corrected chi connectivity index (χ3v) is 4.94. The molecule has 2 atom stereocenters. The first-order valence-corrected chi connectivity index (χ1v) is 7.59. The Balaban J connectivity index is 1.42. The first-order chi connectivity index (χ1) is 8.42. The number of hydrogen-bond donors (Lipinski definition) is 1. The van der Waals surface area contributed by atoms with Crippen LogP contribution >= 0.6 is 0 Å². The van der Waals surface area contributed by atoms with Gasteiger partial charge in [-0.1, -0.05) is 6.42 Å². The van der Waals surface area contributed by atoms with Crippen LogP contribution in [0.5, 0.6) is 0 Å². The number of hydrogen-bond acceptors (Lipinski definition) is 3. The van der Waals surface area contributed by atoms with E-state index in [9.17, 15) is 0 Å². The Morgan fingerprint density at radius 2 is 2.06 bits per heavy atom. The molecule has 98 valence electrons. The van der Waals surface area contributed by atoms with Crippen LogP contribution in [0.2, 0.25) is 0 Å². The summed E-state index contributed by atoms with van der Waals surface area (Å²) in [6, 6.07) is 0.888. The maximum absolute atomic E-state index is 3.48. The van der Waals surface area contributed by atoms with Crippen molar-refractivity contribution >= 4 is 0 Å². The molecule has 3 saturated heterocycles. The second-order valence-corrected chi connectivity index (χ2v) is 6.13. The lowest BCUT2D eigenvalue weighted by Gasteiger charge is -2.44. The van der Waals surface area contributed by atoms with Gasteiger partial charge in [-0.15, -0.1) is 0 Å². The molecule has 3 aliphatic heterocycles. The second kappa shape index (κ2) is 5.68. The quantitative estimate of drug-likeness (QED) is 0.794. The fraction of sp³-hybridized carbons (Fsp3) is 1.00. The van der Waals surface area contributed by atoms with E-state index in [-0.39, 0.29) is 0 Å². The topological polar surface area (TPSA) is 18.5 Å². The van der Waals surface area contributed by atoms with E-state index in [2.05, 4.69) is 15.1 Å². The molecule has 3 heterocycles. The van der Waals surface area contributed by atoms with Crippen molar-refractivity contribution in [2.45, 2.75) is 38.1 Å². The van der Waals surface area contributed by atoms with Gasteiger partial charge in [0.05, 0.1) is 0 Å². The molecule has 0 aromatic carbocycles. The van der Waals surface area contributed by atoms with Gasteiger partial charge in [0.1, 0.15) is 0 Å². The van der Waals surface area contributed by atoms with Crippen LogP contribution in [-0.4, -0.2) is 61.7 Å². The van der Waals surface area contributed by atoms with E-state index in [4.69, 9.17) is 0 Å². The SMILES string of the molecule is C1CCN2CCN(CCC3CCNC3)CC2C1. The molecular formula is C14H27N3. The standard InChI is InChI=1S/C14H27N3/c1-2-7-17-10-9-16(12-14(17)3-1)8-5-13-4-6-15-11-13/h13-15H,1-12H2. The predicted octanol–water partition coefficient (Wildman–Crippen LogP) is 1.16. The third kappa shape index (κ3) is 3.01. The summed E-state index contributed by atoms with van der Waals surface area (Å²) in [5, 5.41) is 3.48. The Morgan fingerprint density at radius 1 is 1.06 bits per heavy atom. The number of piperidine rings is 1. The van der Waals surface area contributed by atoms with E-state index < -0.39 is 0 Å². The highest BCUT2D eigenvalue weighted by Gasteiger charge is 2.28. The molecule has 0 saturated carbocycles. The van der Waals surface area contributed by atoms with E-state index in [0.717, 1.165) is 12.0 Å². The van der Waals surface area contributed by atoms with E-state index in [1.54, 1.807) is 0 Å². The van der Waals surface area contributed by atoms with Crippen LogP contribution in [0.4, 0.5) is 0 Å². The van der Waals surface area contributed by atoms with Crippen molar-refractivity contribution in [3.8, 4) is 0 Å². The van der Waals surface area contributed by atoms with Gasteiger partial charge in [0.2, 0.25) is 0 Å². The van der Waals surface area contributed by atoms with Gasteiger partial charge < -0.3 is 10.2 Å². The van der Waals surface area contributed by atoms with Gasteiger partial charge in [-0.2, -0.15) is 0 Å². The number of rotatable bonds is 3. The Kier molecular flexibility index (Phi) is 3.99.